The van der Waals surface area contributed by atoms with Crippen molar-refractivity contribution in [1.29, 1.82) is 0 Å². The van der Waals surface area contributed by atoms with Crippen molar-refractivity contribution in [2.75, 3.05) is 5.43 Å². The molecule has 5 N–H and O–H groups in total. The highest BCUT2D eigenvalue weighted by molar-refractivity contribution is 6.33. The summed E-state index contributed by atoms with van der Waals surface area (Å²) in [6.45, 7) is 1.94. The molecule has 0 aliphatic carbocycles. The number of nitrogens with one attached hydrogen (secondary N) is 3. The monoisotopic (exact) mass is 294 g/mol. The van der Waals surface area contributed by atoms with E-state index in [1.807, 2.05) is 6.92 Å². The lowest BCUT2D eigenvalue weighted by atomic mass is 10.2. The average Bonchev–Trinajstić information content (AvgIpc) is 2.99. The minimum Gasteiger partial charge on any atom is -0.347 e. The number of aromatic amines is 1. The number of anilines is 1. The van der Waals surface area contributed by atoms with E-state index in [2.05, 4.69) is 25.7 Å². The number of rotatable bonds is 5. The number of aromatic nitrogens is 3. The molecular formula is C12H15ClN6O. The molecule has 2 aromatic rings. The van der Waals surface area contributed by atoms with Crippen LogP contribution in [0.3, 0.4) is 0 Å². The van der Waals surface area contributed by atoms with E-state index in [1.54, 1.807) is 24.5 Å². The van der Waals surface area contributed by atoms with Crippen molar-refractivity contribution in [3.63, 3.8) is 0 Å². The third-order valence-electron chi connectivity index (χ3n) is 2.77. The number of nitrogens with zero attached hydrogens (tertiary/aromatic N) is 2. The van der Waals surface area contributed by atoms with Crippen molar-refractivity contribution in [1.82, 2.24) is 20.3 Å². The van der Waals surface area contributed by atoms with E-state index >= 15 is 0 Å². The summed E-state index contributed by atoms with van der Waals surface area (Å²) >= 11 is 5.98. The van der Waals surface area contributed by atoms with Crippen LogP contribution in [0, 0.1) is 0 Å². The maximum absolute atomic E-state index is 12.2. The minimum atomic E-state index is -0.379. The van der Waals surface area contributed by atoms with Gasteiger partial charge in [-0.05, 0) is 18.6 Å². The Hall–Kier alpha value is -2.12. The van der Waals surface area contributed by atoms with Gasteiger partial charge in [-0.1, -0.05) is 18.5 Å². The first-order valence-corrected chi connectivity index (χ1v) is 6.46. The summed E-state index contributed by atoms with van der Waals surface area (Å²) in [5, 5.41) is 3.09. The Morgan fingerprint density at radius 1 is 1.55 bits per heavy atom. The number of amides is 1. The standard InChI is InChI=1S/C12H15ClN6O/c1-2-8(11-15-5-6-16-11)17-12(20)10-7(13)3-4-9(18-10)19-14/h3-6,8H,2,14H2,1H3,(H,15,16)(H,17,20)(H,18,19). The summed E-state index contributed by atoms with van der Waals surface area (Å²) in [5.41, 5.74) is 2.49. The molecule has 0 aliphatic rings. The molecule has 106 valence electrons. The lowest BCUT2D eigenvalue weighted by Crippen LogP contribution is -2.30. The quantitative estimate of drug-likeness (QED) is 0.495. The molecule has 0 aromatic carbocycles. The second kappa shape index (κ2) is 6.36. The summed E-state index contributed by atoms with van der Waals surface area (Å²) in [6.07, 6.45) is 4.02. The van der Waals surface area contributed by atoms with Gasteiger partial charge >= 0.3 is 0 Å². The van der Waals surface area contributed by atoms with Crippen LogP contribution >= 0.6 is 11.6 Å². The van der Waals surface area contributed by atoms with Gasteiger partial charge in [-0.3, -0.25) is 4.79 Å². The van der Waals surface area contributed by atoms with Crippen LogP contribution in [-0.2, 0) is 0 Å². The third-order valence-corrected chi connectivity index (χ3v) is 3.08. The lowest BCUT2D eigenvalue weighted by Gasteiger charge is -2.15. The summed E-state index contributed by atoms with van der Waals surface area (Å²) in [4.78, 5) is 23.4. The second-order valence-electron chi connectivity index (χ2n) is 4.08. The van der Waals surface area contributed by atoms with Crippen molar-refractivity contribution in [2.45, 2.75) is 19.4 Å². The van der Waals surface area contributed by atoms with Crippen molar-refractivity contribution in [2.24, 2.45) is 5.84 Å². The Morgan fingerprint density at radius 2 is 2.35 bits per heavy atom. The molecule has 0 bridgehead atoms. The van der Waals surface area contributed by atoms with Crippen molar-refractivity contribution in [3.05, 3.63) is 41.1 Å². The summed E-state index contributed by atoms with van der Waals surface area (Å²) in [5.74, 6) is 5.94. The number of hydrogen-bond donors (Lipinski definition) is 4. The predicted molar refractivity (Wildman–Crippen MR) is 76.1 cm³/mol. The van der Waals surface area contributed by atoms with E-state index in [0.29, 0.717) is 18.1 Å². The van der Waals surface area contributed by atoms with E-state index in [4.69, 9.17) is 17.4 Å². The number of hydrogen-bond acceptors (Lipinski definition) is 5. The number of imidazole rings is 1. The van der Waals surface area contributed by atoms with E-state index in [1.165, 1.54) is 0 Å². The van der Waals surface area contributed by atoms with Gasteiger partial charge in [0.2, 0.25) is 0 Å². The third kappa shape index (κ3) is 3.06. The van der Waals surface area contributed by atoms with E-state index in [0.717, 1.165) is 0 Å². The van der Waals surface area contributed by atoms with Gasteiger partial charge in [-0.15, -0.1) is 0 Å². The van der Waals surface area contributed by atoms with Gasteiger partial charge in [0.1, 0.15) is 17.3 Å². The van der Waals surface area contributed by atoms with Crippen LogP contribution in [0.25, 0.3) is 0 Å². The lowest BCUT2D eigenvalue weighted by molar-refractivity contribution is 0.0929. The highest BCUT2D eigenvalue weighted by Gasteiger charge is 2.19. The van der Waals surface area contributed by atoms with E-state index in [-0.39, 0.29) is 22.7 Å². The second-order valence-corrected chi connectivity index (χ2v) is 4.49. The van der Waals surface area contributed by atoms with Crippen LogP contribution in [0.1, 0.15) is 35.7 Å². The number of halogens is 1. The zero-order valence-electron chi connectivity index (χ0n) is 10.9. The van der Waals surface area contributed by atoms with Crippen LogP contribution < -0.4 is 16.6 Å². The molecule has 0 fully saturated rings. The molecule has 20 heavy (non-hydrogen) atoms. The van der Waals surface area contributed by atoms with E-state index < -0.39 is 0 Å². The number of nitrogens with two attached hydrogens (primary N) is 1. The number of pyridine rings is 1. The molecule has 1 unspecified atom stereocenters. The molecule has 1 atom stereocenters. The first kappa shape index (κ1) is 14.3. The summed E-state index contributed by atoms with van der Waals surface area (Å²) < 4.78 is 0. The molecule has 0 saturated carbocycles. The van der Waals surface area contributed by atoms with Crippen LogP contribution in [0.4, 0.5) is 5.82 Å². The largest absolute Gasteiger partial charge is 0.347 e. The number of H-pyrrole nitrogens is 1. The van der Waals surface area contributed by atoms with Crippen molar-refractivity contribution >= 4 is 23.3 Å². The average molecular weight is 295 g/mol. The minimum absolute atomic E-state index is 0.118. The molecule has 7 nitrogen and oxygen atoms in total. The van der Waals surface area contributed by atoms with Gasteiger partial charge in [0.25, 0.3) is 5.91 Å². The number of carbonyl (C=O) groups excluding carboxylic acids is 1. The van der Waals surface area contributed by atoms with Crippen LogP contribution in [0.2, 0.25) is 5.02 Å². The maximum atomic E-state index is 12.2. The topological polar surface area (TPSA) is 109 Å². The highest BCUT2D eigenvalue weighted by atomic mass is 35.5. The van der Waals surface area contributed by atoms with Crippen LogP contribution in [0.5, 0.6) is 0 Å². The fourth-order valence-corrected chi connectivity index (χ4v) is 1.93. The maximum Gasteiger partial charge on any atom is 0.272 e. The first-order chi connectivity index (χ1) is 9.65. The molecule has 2 rings (SSSR count). The van der Waals surface area contributed by atoms with Crippen molar-refractivity contribution in [3.8, 4) is 0 Å². The molecule has 2 aromatic heterocycles. The Bertz CT molecular complexity index is 586. The Kier molecular flexibility index (Phi) is 4.54. The Labute approximate surface area is 120 Å². The molecule has 2 heterocycles. The number of carbonyl (C=O) groups is 1. The molecule has 0 aliphatic heterocycles. The molecular weight excluding hydrogens is 280 g/mol. The molecule has 0 saturated heterocycles. The summed E-state index contributed by atoms with van der Waals surface area (Å²) in [7, 11) is 0. The zero-order chi connectivity index (χ0) is 14.5. The molecule has 1 amide bonds. The van der Waals surface area contributed by atoms with Crippen LogP contribution in [0.15, 0.2) is 24.5 Å². The first-order valence-electron chi connectivity index (χ1n) is 6.09. The van der Waals surface area contributed by atoms with Crippen LogP contribution in [-0.4, -0.2) is 20.9 Å². The molecule has 0 spiro atoms. The van der Waals surface area contributed by atoms with Gasteiger partial charge < -0.3 is 15.7 Å². The van der Waals surface area contributed by atoms with Gasteiger partial charge in [0.15, 0.2) is 0 Å². The zero-order valence-corrected chi connectivity index (χ0v) is 11.6. The van der Waals surface area contributed by atoms with Gasteiger partial charge in [0, 0.05) is 12.4 Å². The Morgan fingerprint density at radius 3 is 2.95 bits per heavy atom. The predicted octanol–water partition coefficient (Wildman–Crippen LogP) is 1.62. The normalized spacial score (nSPS) is 11.9. The SMILES string of the molecule is CCC(NC(=O)c1nc(NN)ccc1Cl)c1ncc[nH]1. The van der Waals surface area contributed by atoms with E-state index in [9.17, 15) is 4.79 Å². The van der Waals surface area contributed by atoms with Gasteiger partial charge in [0.05, 0.1) is 11.1 Å². The Balaban J connectivity index is 2.19. The van der Waals surface area contributed by atoms with Gasteiger partial charge in [-0.2, -0.15) is 0 Å². The highest BCUT2D eigenvalue weighted by Crippen LogP contribution is 2.18. The fourth-order valence-electron chi connectivity index (χ4n) is 1.74. The molecule has 0 radical (unpaired) electrons. The van der Waals surface area contributed by atoms with Crippen molar-refractivity contribution < 1.29 is 4.79 Å². The summed E-state index contributed by atoms with van der Waals surface area (Å²) in [6, 6.07) is 2.92. The van der Waals surface area contributed by atoms with Gasteiger partial charge in [-0.25, -0.2) is 15.8 Å². The smallest absolute Gasteiger partial charge is 0.272 e. The molecule has 8 heteroatoms. The number of nitrogen functional groups attached to an aromatic ring is 1. The number of hydrazine groups is 1. The fraction of sp³-hybridized carbons (Fsp3) is 0.250.